The lowest BCUT2D eigenvalue weighted by Crippen LogP contribution is -1.99. The number of rotatable bonds is 5. The molecule has 0 radical (unpaired) electrons. The van der Waals surface area contributed by atoms with E-state index < -0.39 is 0 Å². The average molecular weight is 355 g/mol. The van der Waals surface area contributed by atoms with Gasteiger partial charge >= 0.3 is 0 Å². The van der Waals surface area contributed by atoms with Gasteiger partial charge in [0.2, 0.25) is 5.75 Å². The summed E-state index contributed by atoms with van der Waals surface area (Å²) in [6.07, 6.45) is 0. The van der Waals surface area contributed by atoms with Crippen molar-refractivity contribution in [3.63, 3.8) is 0 Å². The molecule has 3 nitrogen and oxygen atoms in total. The summed E-state index contributed by atoms with van der Waals surface area (Å²) in [7, 11) is 4.70. The zero-order valence-electron chi connectivity index (χ0n) is 12.0. The molecule has 0 amide bonds. The van der Waals surface area contributed by atoms with Gasteiger partial charge in [0.1, 0.15) is 5.82 Å². The van der Waals surface area contributed by atoms with Crippen LogP contribution in [0, 0.1) is 5.82 Å². The second-order valence-corrected chi connectivity index (χ2v) is 5.29. The molecule has 0 saturated carbocycles. The first-order chi connectivity index (χ1) is 10.1. The molecule has 2 aromatic carbocycles. The van der Waals surface area contributed by atoms with E-state index in [2.05, 4.69) is 15.9 Å². The van der Waals surface area contributed by atoms with Crippen molar-refractivity contribution in [1.82, 2.24) is 0 Å². The number of hydrogen-bond acceptors (Lipinski definition) is 3. The van der Waals surface area contributed by atoms with Crippen LogP contribution in [0.3, 0.4) is 0 Å². The van der Waals surface area contributed by atoms with Gasteiger partial charge in [0.25, 0.3) is 0 Å². The lowest BCUT2D eigenvalue weighted by Gasteiger charge is -2.17. The molecule has 5 heteroatoms. The van der Waals surface area contributed by atoms with Crippen molar-refractivity contribution < 1.29 is 18.6 Å². The minimum absolute atomic E-state index is 0.105. The molecule has 0 saturated heterocycles. The molecule has 0 aliphatic heterocycles. The standard InChI is InChI=1S/C16H16BrFO3/c1-19-13-8-11(9-14(20-2)16(13)21-3)15(17)10-4-6-12(18)7-5-10/h4-9,15H,1-3H3. The Bertz CT molecular complexity index is 588. The first kappa shape index (κ1) is 15.6. The maximum Gasteiger partial charge on any atom is 0.203 e. The molecule has 0 aliphatic carbocycles. The predicted octanol–water partition coefficient (Wildman–Crippen LogP) is 4.34. The van der Waals surface area contributed by atoms with Crippen LogP contribution in [0.5, 0.6) is 17.2 Å². The van der Waals surface area contributed by atoms with Crippen LogP contribution in [-0.2, 0) is 0 Å². The van der Waals surface area contributed by atoms with Crippen molar-refractivity contribution in [3.8, 4) is 17.2 Å². The molecule has 0 N–H and O–H groups in total. The second kappa shape index (κ2) is 6.80. The summed E-state index contributed by atoms with van der Waals surface area (Å²) < 4.78 is 29.0. The Morgan fingerprint density at radius 2 is 1.38 bits per heavy atom. The van der Waals surface area contributed by atoms with Gasteiger partial charge in [0.15, 0.2) is 11.5 Å². The SMILES string of the molecule is COc1cc(C(Br)c2ccc(F)cc2)cc(OC)c1OC. The fourth-order valence-electron chi connectivity index (χ4n) is 2.07. The fourth-order valence-corrected chi connectivity index (χ4v) is 2.64. The molecular weight excluding hydrogens is 339 g/mol. The molecule has 0 fully saturated rings. The second-order valence-electron chi connectivity index (χ2n) is 4.37. The van der Waals surface area contributed by atoms with Crippen LogP contribution in [0.25, 0.3) is 0 Å². The minimum atomic E-state index is -0.261. The Balaban J connectivity index is 2.45. The molecule has 2 rings (SSSR count). The maximum absolute atomic E-state index is 13.0. The summed E-state index contributed by atoms with van der Waals surface area (Å²) in [4.78, 5) is -0.105. The van der Waals surface area contributed by atoms with Crippen LogP contribution in [-0.4, -0.2) is 21.3 Å². The number of alkyl halides is 1. The van der Waals surface area contributed by atoms with Gasteiger partial charge in [-0.3, -0.25) is 0 Å². The number of benzene rings is 2. The van der Waals surface area contributed by atoms with E-state index in [0.29, 0.717) is 17.2 Å². The van der Waals surface area contributed by atoms with Gasteiger partial charge < -0.3 is 14.2 Å². The Hall–Kier alpha value is -1.75. The van der Waals surface area contributed by atoms with E-state index in [1.54, 1.807) is 33.5 Å². The number of halogens is 2. The quantitative estimate of drug-likeness (QED) is 0.747. The summed E-state index contributed by atoms with van der Waals surface area (Å²) in [5.74, 6) is 1.45. The normalized spacial score (nSPS) is 11.9. The van der Waals surface area contributed by atoms with Crippen molar-refractivity contribution in [2.45, 2.75) is 4.83 Å². The highest BCUT2D eigenvalue weighted by Crippen LogP contribution is 2.42. The van der Waals surface area contributed by atoms with Crippen LogP contribution in [0.4, 0.5) is 4.39 Å². The van der Waals surface area contributed by atoms with E-state index in [0.717, 1.165) is 11.1 Å². The first-order valence-corrected chi connectivity index (χ1v) is 7.21. The van der Waals surface area contributed by atoms with Gasteiger partial charge in [-0.2, -0.15) is 0 Å². The van der Waals surface area contributed by atoms with E-state index >= 15 is 0 Å². The minimum Gasteiger partial charge on any atom is -0.493 e. The third-order valence-corrected chi connectivity index (χ3v) is 4.20. The zero-order valence-corrected chi connectivity index (χ0v) is 13.6. The van der Waals surface area contributed by atoms with Gasteiger partial charge in [-0.1, -0.05) is 28.1 Å². The Morgan fingerprint density at radius 3 is 1.81 bits per heavy atom. The van der Waals surface area contributed by atoms with Gasteiger partial charge in [-0.15, -0.1) is 0 Å². The third kappa shape index (κ3) is 3.29. The van der Waals surface area contributed by atoms with Crippen LogP contribution in [0.1, 0.15) is 16.0 Å². The lowest BCUT2D eigenvalue weighted by atomic mass is 10.0. The molecule has 21 heavy (non-hydrogen) atoms. The Kier molecular flexibility index (Phi) is 5.07. The van der Waals surface area contributed by atoms with Crippen molar-refractivity contribution in [2.75, 3.05) is 21.3 Å². The Morgan fingerprint density at radius 1 is 0.857 bits per heavy atom. The molecule has 112 valence electrons. The Labute approximate surface area is 131 Å². The summed E-state index contributed by atoms with van der Waals surface area (Å²) in [6.45, 7) is 0. The van der Waals surface area contributed by atoms with Crippen molar-refractivity contribution in [3.05, 3.63) is 53.3 Å². The largest absolute Gasteiger partial charge is 0.493 e. The average Bonchev–Trinajstić information content (AvgIpc) is 2.53. The van der Waals surface area contributed by atoms with Gasteiger partial charge in [-0.05, 0) is 35.4 Å². The molecule has 0 bridgehead atoms. The number of ether oxygens (including phenoxy) is 3. The zero-order chi connectivity index (χ0) is 15.4. The van der Waals surface area contributed by atoms with E-state index in [1.807, 2.05) is 12.1 Å². The lowest BCUT2D eigenvalue weighted by molar-refractivity contribution is 0.324. The van der Waals surface area contributed by atoms with Crippen LogP contribution < -0.4 is 14.2 Å². The first-order valence-electron chi connectivity index (χ1n) is 6.30. The number of methoxy groups -OCH3 is 3. The van der Waals surface area contributed by atoms with Crippen LogP contribution in [0.15, 0.2) is 36.4 Å². The summed E-state index contributed by atoms with van der Waals surface area (Å²) >= 11 is 3.62. The molecule has 0 aromatic heterocycles. The summed E-state index contributed by atoms with van der Waals surface area (Å²) in [5, 5.41) is 0. The van der Waals surface area contributed by atoms with Gasteiger partial charge in [-0.25, -0.2) is 4.39 Å². The molecule has 1 unspecified atom stereocenters. The van der Waals surface area contributed by atoms with E-state index in [-0.39, 0.29) is 10.6 Å². The third-order valence-electron chi connectivity index (χ3n) is 3.14. The molecule has 1 atom stereocenters. The van der Waals surface area contributed by atoms with E-state index in [1.165, 1.54) is 12.1 Å². The monoisotopic (exact) mass is 354 g/mol. The fraction of sp³-hybridized carbons (Fsp3) is 0.250. The highest BCUT2D eigenvalue weighted by atomic mass is 79.9. The summed E-state index contributed by atoms with van der Waals surface area (Å²) in [6, 6.07) is 10.1. The molecule has 0 spiro atoms. The molecule has 0 heterocycles. The maximum atomic E-state index is 13.0. The van der Waals surface area contributed by atoms with Crippen molar-refractivity contribution in [1.29, 1.82) is 0 Å². The highest BCUT2D eigenvalue weighted by Gasteiger charge is 2.18. The van der Waals surface area contributed by atoms with Crippen LogP contribution >= 0.6 is 15.9 Å². The van der Waals surface area contributed by atoms with Gasteiger partial charge in [0.05, 0.1) is 26.2 Å². The topological polar surface area (TPSA) is 27.7 Å². The molecular formula is C16H16BrFO3. The smallest absolute Gasteiger partial charge is 0.203 e. The van der Waals surface area contributed by atoms with Gasteiger partial charge in [0, 0.05) is 0 Å². The predicted molar refractivity (Wildman–Crippen MR) is 83.3 cm³/mol. The summed E-state index contributed by atoms with van der Waals surface area (Å²) in [5.41, 5.74) is 1.86. The van der Waals surface area contributed by atoms with Crippen molar-refractivity contribution in [2.24, 2.45) is 0 Å². The molecule has 2 aromatic rings. The highest BCUT2D eigenvalue weighted by molar-refractivity contribution is 9.09. The van der Waals surface area contributed by atoms with Crippen molar-refractivity contribution >= 4 is 15.9 Å². The molecule has 0 aliphatic rings. The van der Waals surface area contributed by atoms with E-state index in [4.69, 9.17) is 14.2 Å². The van der Waals surface area contributed by atoms with Crippen LogP contribution in [0.2, 0.25) is 0 Å². The van der Waals surface area contributed by atoms with E-state index in [9.17, 15) is 4.39 Å². The number of hydrogen-bond donors (Lipinski definition) is 0.